The molecule has 2 amide bonds. The highest BCUT2D eigenvalue weighted by atomic mass is 35.5. The molecule has 28 heavy (non-hydrogen) atoms. The molecule has 6 nitrogen and oxygen atoms in total. The number of hydrogen-bond donors (Lipinski definition) is 2. The van der Waals surface area contributed by atoms with Crippen molar-refractivity contribution >= 4 is 40.1 Å². The summed E-state index contributed by atoms with van der Waals surface area (Å²) in [6.07, 6.45) is 0. The molecule has 0 radical (unpaired) electrons. The predicted molar refractivity (Wildman–Crippen MR) is 108 cm³/mol. The summed E-state index contributed by atoms with van der Waals surface area (Å²) in [4.78, 5) is 27.9. The molecule has 2 aromatic carbocycles. The van der Waals surface area contributed by atoms with Crippen LogP contribution in [0, 0.1) is 0 Å². The molecule has 144 valence electrons. The number of nitrogens with one attached hydrogen (secondary N) is 2. The van der Waals surface area contributed by atoms with Gasteiger partial charge in [0.2, 0.25) is 0 Å². The third kappa shape index (κ3) is 4.03. The van der Waals surface area contributed by atoms with Crippen LogP contribution in [0.4, 0.5) is 5.69 Å². The molecule has 2 N–H and O–H groups in total. The molecular formula is C21H21ClN3O3+. The van der Waals surface area contributed by atoms with Crippen molar-refractivity contribution in [3.8, 4) is 0 Å². The van der Waals surface area contributed by atoms with Crippen LogP contribution >= 0.6 is 11.6 Å². The van der Waals surface area contributed by atoms with Gasteiger partial charge in [-0.05, 0) is 24.3 Å². The second-order valence-corrected chi connectivity index (χ2v) is 7.30. The molecule has 2 heterocycles. The van der Waals surface area contributed by atoms with Gasteiger partial charge in [-0.1, -0.05) is 41.9 Å². The second-order valence-electron chi connectivity index (χ2n) is 6.90. The maximum Gasteiger partial charge on any atom is 0.290 e. The zero-order valence-electron chi connectivity index (χ0n) is 15.3. The van der Waals surface area contributed by atoms with E-state index in [1.807, 2.05) is 36.4 Å². The molecule has 0 spiro atoms. The Bertz CT molecular complexity index is 976. The van der Waals surface area contributed by atoms with Crippen LogP contribution < -0.4 is 10.2 Å². The molecule has 0 bridgehead atoms. The Morgan fingerprint density at radius 3 is 2.54 bits per heavy atom. The van der Waals surface area contributed by atoms with Gasteiger partial charge >= 0.3 is 0 Å². The standard InChI is InChI=1S/C21H20ClN3O3/c22-16-6-2-3-7-17(16)23-20(26)14-24-9-11-25(12-10-24)21(27)19-13-15-5-1-4-8-18(15)28-19/h1-8,13H,9-12,14H2,(H,23,26)/p+1. The summed E-state index contributed by atoms with van der Waals surface area (Å²) in [6.45, 7) is 2.94. The maximum absolute atomic E-state index is 12.7. The molecule has 0 unspecified atom stereocenters. The van der Waals surface area contributed by atoms with E-state index in [-0.39, 0.29) is 11.8 Å². The molecule has 4 rings (SSSR count). The first-order valence-electron chi connectivity index (χ1n) is 9.26. The second kappa shape index (κ2) is 8.04. The number of piperazine rings is 1. The fourth-order valence-corrected chi connectivity index (χ4v) is 3.61. The van der Waals surface area contributed by atoms with Crippen molar-refractivity contribution in [2.45, 2.75) is 0 Å². The summed E-state index contributed by atoms with van der Waals surface area (Å²) in [6, 6.07) is 16.5. The Morgan fingerprint density at radius 1 is 1.07 bits per heavy atom. The van der Waals surface area contributed by atoms with Crippen LogP contribution in [0.1, 0.15) is 10.6 Å². The van der Waals surface area contributed by atoms with Crippen LogP contribution in [0.2, 0.25) is 5.02 Å². The molecule has 1 fully saturated rings. The average Bonchev–Trinajstić information content (AvgIpc) is 3.14. The van der Waals surface area contributed by atoms with Crippen LogP contribution in [0.25, 0.3) is 11.0 Å². The summed E-state index contributed by atoms with van der Waals surface area (Å²) >= 11 is 6.08. The normalized spacial score (nSPS) is 15.0. The number of carbonyl (C=O) groups excluding carboxylic acids is 2. The summed E-state index contributed by atoms with van der Waals surface area (Å²) in [7, 11) is 0. The first kappa shape index (κ1) is 18.5. The number of carbonyl (C=O) groups is 2. The molecule has 0 saturated carbocycles. The van der Waals surface area contributed by atoms with Crippen molar-refractivity contribution < 1.29 is 18.9 Å². The fourth-order valence-electron chi connectivity index (χ4n) is 3.43. The molecule has 7 heteroatoms. The molecule has 1 aromatic heterocycles. The average molecular weight is 399 g/mol. The van der Waals surface area contributed by atoms with Gasteiger partial charge in [-0.2, -0.15) is 0 Å². The monoisotopic (exact) mass is 398 g/mol. The van der Waals surface area contributed by atoms with Crippen molar-refractivity contribution in [3.05, 3.63) is 65.4 Å². The third-order valence-corrected chi connectivity index (χ3v) is 5.28. The van der Waals surface area contributed by atoms with E-state index in [1.54, 1.807) is 23.1 Å². The van der Waals surface area contributed by atoms with Crippen molar-refractivity contribution in [3.63, 3.8) is 0 Å². The van der Waals surface area contributed by atoms with Gasteiger partial charge in [0.15, 0.2) is 12.3 Å². The zero-order chi connectivity index (χ0) is 19.5. The Balaban J connectivity index is 1.31. The van der Waals surface area contributed by atoms with Crippen molar-refractivity contribution in [2.24, 2.45) is 0 Å². The van der Waals surface area contributed by atoms with Crippen molar-refractivity contribution in [2.75, 3.05) is 38.0 Å². The summed E-state index contributed by atoms with van der Waals surface area (Å²) in [5.41, 5.74) is 1.33. The summed E-state index contributed by atoms with van der Waals surface area (Å²) < 4.78 is 5.68. The number of amides is 2. The largest absolute Gasteiger partial charge is 0.451 e. The van der Waals surface area contributed by atoms with Gasteiger partial charge in [0.25, 0.3) is 11.8 Å². The van der Waals surface area contributed by atoms with Gasteiger partial charge < -0.3 is 19.5 Å². The number of furan rings is 1. The number of para-hydroxylation sites is 2. The minimum absolute atomic E-state index is 0.0832. The summed E-state index contributed by atoms with van der Waals surface area (Å²) in [5, 5.41) is 4.29. The Kier molecular flexibility index (Phi) is 5.32. The lowest BCUT2D eigenvalue weighted by Gasteiger charge is -2.31. The number of rotatable bonds is 4. The van der Waals surface area contributed by atoms with Crippen LogP contribution in [0.15, 0.2) is 59.0 Å². The topological polar surface area (TPSA) is 67.0 Å². The molecule has 0 aliphatic carbocycles. The predicted octanol–water partition coefficient (Wildman–Crippen LogP) is 2.07. The minimum atomic E-state index is -0.101. The van der Waals surface area contributed by atoms with Crippen LogP contribution in [-0.2, 0) is 4.79 Å². The van der Waals surface area contributed by atoms with E-state index in [0.717, 1.165) is 10.3 Å². The minimum Gasteiger partial charge on any atom is -0.451 e. The van der Waals surface area contributed by atoms with E-state index < -0.39 is 0 Å². The van der Waals surface area contributed by atoms with Crippen LogP contribution in [0.5, 0.6) is 0 Å². The Labute approximate surface area is 167 Å². The highest BCUT2D eigenvalue weighted by Gasteiger charge is 2.27. The fraction of sp³-hybridized carbons (Fsp3) is 0.238. The van der Waals surface area contributed by atoms with E-state index in [1.165, 1.54) is 0 Å². The number of halogens is 1. The van der Waals surface area contributed by atoms with E-state index in [2.05, 4.69) is 5.32 Å². The molecule has 1 aliphatic heterocycles. The summed E-state index contributed by atoms with van der Waals surface area (Å²) in [5.74, 6) is 0.178. The number of anilines is 1. The van der Waals surface area contributed by atoms with Gasteiger partial charge in [0.1, 0.15) is 5.58 Å². The number of benzene rings is 2. The smallest absolute Gasteiger partial charge is 0.290 e. The SMILES string of the molecule is O=C(C[NH+]1CCN(C(=O)c2cc3ccccc3o2)CC1)Nc1ccccc1Cl. The molecule has 1 saturated heterocycles. The lowest BCUT2D eigenvalue weighted by Crippen LogP contribution is -3.15. The van der Waals surface area contributed by atoms with E-state index in [4.69, 9.17) is 16.0 Å². The Hall–Kier alpha value is -2.83. The van der Waals surface area contributed by atoms with E-state index in [0.29, 0.717) is 54.8 Å². The number of quaternary nitrogens is 1. The number of fused-ring (bicyclic) bond motifs is 1. The first-order valence-corrected chi connectivity index (χ1v) is 9.64. The highest BCUT2D eigenvalue weighted by Crippen LogP contribution is 2.21. The molecule has 0 atom stereocenters. The lowest BCUT2D eigenvalue weighted by atomic mass is 10.2. The van der Waals surface area contributed by atoms with E-state index >= 15 is 0 Å². The van der Waals surface area contributed by atoms with Crippen LogP contribution in [-0.4, -0.2) is 49.4 Å². The number of hydrogen-bond acceptors (Lipinski definition) is 3. The van der Waals surface area contributed by atoms with Gasteiger partial charge in [-0.25, -0.2) is 0 Å². The third-order valence-electron chi connectivity index (χ3n) is 4.95. The Morgan fingerprint density at radius 2 is 1.79 bits per heavy atom. The molecule has 1 aliphatic rings. The quantitative estimate of drug-likeness (QED) is 0.707. The zero-order valence-corrected chi connectivity index (χ0v) is 16.0. The number of nitrogens with zero attached hydrogens (tertiary/aromatic N) is 1. The highest BCUT2D eigenvalue weighted by molar-refractivity contribution is 6.33. The van der Waals surface area contributed by atoms with Crippen molar-refractivity contribution in [1.82, 2.24) is 4.90 Å². The first-order chi connectivity index (χ1) is 13.6. The molecular weight excluding hydrogens is 378 g/mol. The lowest BCUT2D eigenvalue weighted by molar-refractivity contribution is -0.895. The van der Waals surface area contributed by atoms with Gasteiger partial charge in [0, 0.05) is 5.39 Å². The van der Waals surface area contributed by atoms with Gasteiger partial charge in [-0.15, -0.1) is 0 Å². The van der Waals surface area contributed by atoms with Crippen molar-refractivity contribution in [1.29, 1.82) is 0 Å². The molecule has 3 aromatic rings. The maximum atomic E-state index is 12.7. The van der Waals surface area contributed by atoms with E-state index in [9.17, 15) is 9.59 Å². The van der Waals surface area contributed by atoms with Crippen LogP contribution in [0.3, 0.4) is 0 Å². The van der Waals surface area contributed by atoms with Gasteiger partial charge in [-0.3, -0.25) is 9.59 Å². The van der Waals surface area contributed by atoms with Gasteiger partial charge in [0.05, 0.1) is 36.9 Å².